The van der Waals surface area contributed by atoms with Crippen molar-refractivity contribution in [1.82, 2.24) is 5.01 Å². The Balaban J connectivity index is 1.34. The van der Waals surface area contributed by atoms with Gasteiger partial charge in [-0.15, -0.1) is 0 Å². The lowest BCUT2D eigenvalue weighted by molar-refractivity contribution is -0.140. The lowest BCUT2D eigenvalue weighted by Crippen LogP contribution is -2.40. The zero-order valence-corrected chi connectivity index (χ0v) is 15.8. The van der Waals surface area contributed by atoms with Crippen molar-refractivity contribution in [1.29, 1.82) is 0 Å². The maximum atomic E-state index is 12.9. The molecule has 1 aliphatic heterocycles. The summed E-state index contributed by atoms with van der Waals surface area (Å²) in [7, 11) is 0. The van der Waals surface area contributed by atoms with E-state index >= 15 is 0 Å². The predicted octanol–water partition coefficient (Wildman–Crippen LogP) is 2.92. The van der Waals surface area contributed by atoms with Gasteiger partial charge in [-0.1, -0.05) is 24.3 Å². The molecule has 2 amide bonds. The van der Waals surface area contributed by atoms with E-state index in [9.17, 15) is 9.59 Å². The first-order valence-corrected chi connectivity index (χ1v) is 10.1. The first-order valence-electron chi connectivity index (χ1n) is 10.1. The topological polar surface area (TPSA) is 53.0 Å². The quantitative estimate of drug-likeness (QED) is 0.459. The Morgan fingerprint density at radius 1 is 1.00 bits per heavy atom. The van der Waals surface area contributed by atoms with Gasteiger partial charge in [0, 0.05) is 18.8 Å². The highest BCUT2D eigenvalue weighted by Crippen LogP contribution is 2.65. The molecule has 1 aromatic carbocycles. The molecule has 5 heteroatoms. The molecule has 0 aromatic heterocycles. The van der Waals surface area contributed by atoms with E-state index in [0.717, 1.165) is 23.7 Å². The Morgan fingerprint density at radius 2 is 1.56 bits per heavy atom. The molecule has 1 saturated heterocycles. The van der Waals surface area contributed by atoms with Crippen LogP contribution in [0.3, 0.4) is 0 Å². The van der Waals surface area contributed by atoms with Crippen molar-refractivity contribution >= 4 is 23.7 Å². The minimum absolute atomic E-state index is 0.106. The summed E-state index contributed by atoms with van der Waals surface area (Å²) in [6.07, 6.45) is 7.18. The fraction of sp³-hybridized carbons (Fsp3) is 0.500. The highest BCUT2D eigenvalue weighted by atomic mass is 16.2. The summed E-state index contributed by atoms with van der Waals surface area (Å²) in [4.78, 5) is 28.1. The standard InChI is InChI=1S/C22H25N3O2/c1-3-24(4-2)14-7-5-13(6-8-14)12-23-25-21(26)19-15-9-10-16(18-11-17(15)18)20(19)22(25)27/h5-10,12,15-20H,3-4,11H2,1-2H3/b23-12-/t15-,16-,17-,18+,19+,20-/m1/s1. The van der Waals surface area contributed by atoms with Crippen LogP contribution in [0.1, 0.15) is 25.8 Å². The highest BCUT2D eigenvalue weighted by molar-refractivity contribution is 6.06. The molecule has 5 aliphatic rings. The van der Waals surface area contributed by atoms with Crippen LogP contribution in [0.15, 0.2) is 41.5 Å². The minimum Gasteiger partial charge on any atom is -0.372 e. The van der Waals surface area contributed by atoms with E-state index in [1.165, 1.54) is 12.1 Å². The number of carbonyl (C=O) groups excluding carboxylic acids is 2. The van der Waals surface area contributed by atoms with Crippen LogP contribution in [0.25, 0.3) is 0 Å². The fourth-order valence-electron chi connectivity index (χ4n) is 5.54. The van der Waals surface area contributed by atoms with Crippen LogP contribution >= 0.6 is 0 Å². The summed E-state index contributed by atoms with van der Waals surface area (Å²) in [5.74, 6) is 1.16. The molecule has 2 bridgehead atoms. The number of anilines is 1. The Hall–Kier alpha value is -2.43. The molecule has 0 unspecified atom stereocenters. The van der Waals surface area contributed by atoms with E-state index in [4.69, 9.17) is 0 Å². The third-order valence-corrected chi connectivity index (χ3v) is 6.98. The SMILES string of the molecule is CCN(CC)c1ccc(/C=N\N2C(=O)[C@@H]3[C@@H]4C=C[C@H]([C@H]5C[C@@H]45)[C@@H]3C2=O)cc1. The Labute approximate surface area is 159 Å². The zero-order chi connectivity index (χ0) is 18.7. The molecule has 6 atom stereocenters. The van der Waals surface area contributed by atoms with E-state index in [0.29, 0.717) is 11.8 Å². The maximum Gasteiger partial charge on any atom is 0.254 e. The number of rotatable bonds is 5. The Bertz CT molecular complexity index is 804. The van der Waals surface area contributed by atoms with Gasteiger partial charge in [0.1, 0.15) is 0 Å². The van der Waals surface area contributed by atoms with Gasteiger partial charge in [-0.3, -0.25) is 9.59 Å². The van der Waals surface area contributed by atoms with Gasteiger partial charge in [-0.25, -0.2) is 0 Å². The number of allylic oxidation sites excluding steroid dienone is 2. The molecule has 27 heavy (non-hydrogen) atoms. The van der Waals surface area contributed by atoms with Crippen molar-refractivity contribution in [3.63, 3.8) is 0 Å². The summed E-state index contributed by atoms with van der Waals surface area (Å²) in [6, 6.07) is 8.07. The molecule has 1 heterocycles. The molecule has 0 N–H and O–H groups in total. The molecule has 2 saturated carbocycles. The Kier molecular flexibility index (Phi) is 3.74. The number of hydrazone groups is 1. The van der Waals surface area contributed by atoms with Crippen LogP contribution in [-0.2, 0) is 9.59 Å². The number of nitrogens with zero attached hydrogens (tertiary/aromatic N) is 3. The average molecular weight is 363 g/mol. The van der Waals surface area contributed by atoms with E-state index in [-0.39, 0.29) is 35.5 Å². The zero-order valence-electron chi connectivity index (χ0n) is 15.8. The van der Waals surface area contributed by atoms with Crippen LogP contribution in [0, 0.1) is 35.5 Å². The molecule has 5 nitrogen and oxygen atoms in total. The number of benzene rings is 1. The summed E-state index contributed by atoms with van der Waals surface area (Å²) in [5, 5.41) is 5.44. The van der Waals surface area contributed by atoms with E-state index < -0.39 is 0 Å². The van der Waals surface area contributed by atoms with Crippen LogP contribution in [0.2, 0.25) is 0 Å². The van der Waals surface area contributed by atoms with Crippen LogP contribution in [0.4, 0.5) is 5.69 Å². The van der Waals surface area contributed by atoms with Crippen molar-refractivity contribution in [3.8, 4) is 0 Å². The largest absolute Gasteiger partial charge is 0.372 e. The van der Waals surface area contributed by atoms with Crippen LogP contribution in [-0.4, -0.2) is 36.1 Å². The van der Waals surface area contributed by atoms with Gasteiger partial charge < -0.3 is 4.90 Å². The molecular formula is C22H25N3O2. The van der Waals surface area contributed by atoms with E-state index in [2.05, 4.69) is 48.1 Å². The lowest BCUT2D eigenvalue weighted by atomic mass is 9.63. The van der Waals surface area contributed by atoms with E-state index in [1.807, 2.05) is 12.1 Å². The predicted molar refractivity (Wildman–Crippen MR) is 104 cm³/mol. The summed E-state index contributed by atoms with van der Waals surface area (Å²) in [5.41, 5.74) is 2.06. The first kappa shape index (κ1) is 16.7. The number of hydrogen-bond acceptors (Lipinski definition) is 4. The second kappa shape index (κ2) is 6.04. The maximum absolute atomic E-state index is 12.9. The average Bonchev–Trinajstić information content (AvgIpc) is 3.47. The second-order valence-corrected chi connectivity index (χ2v) is 8.15. The van der Waals surface area contributed by atoms with Gasteiger partial charge in [0.2, 0.25) is 0 Å². The van der Waals surface area contributed by atoms with Gasteiger partial charge in [-0.2, -0.15) is 10.1 Å². The number of amides is 2. The smallest absolute Gasteiger partial charge is 0.254 e. The molecule has 0 radical (unpaired) electrons. The van der Waals surface area contributed by atoms with Crippen LogP contribution in [0.5, 0.6) is 0 Å². The number of imide groups is 1. The minimum atomic E-state index is -0.182. The van der Waals surface area contributed by atoms with Crippen LogP contribution < -0.4 is 4.90 Å². The molecule has 4 aliphatic carbocycles. The highest BCUT2D eigenvalue weighted by Gasteiger charge is 2.67. The molecule has 0 spiro atoms. The second-order valence-electron chi connectivity index (χ2n) is 8.15. The number of carbonyl (C=O) groups is 2. The third-order valence-electron chi connectivity index (χ3n) is 6.98. The summed E-state index contributed by atoms with van der Waals surface area (Å²) < 4.78 is 0. The number of hydrogen-bond donors (Lipinski definition) is 0. The van der Waals surface area contributed by atoms with Gasteiger partial charge in [0.05, 0.1) is 18.1 Å². The summed E-state index contributed by atoms with van der Waals surface area (Å²) in [6.45, 7) is 6.19. The van der Waals surface area contributed by atoms with Gasteiger partial charge >= 0.3 is 0 Å². The third kappa shape index (κ3) is 2.40. The molecular weight excluding hydrogens is 338 g/mol. The lowest BCUT2D eigenvalue weighted by Gasteiger charge is -2.37. The molecule has 3 fully saturated rings. The summed E-state index contributed by atoms with van der Waals surface area (Å²) >= 11 is 0. The first-order chi connectivity index (χ1) is 13.1. The molecule has 140 valence electrons. The normalized spacial score (nSPS) is 35.7. The van der Waals surface area contributed by atoms with Crippen molar-refractivity contribution in [3.05, 3.63) is 42.0 Å². The van der Waals surface area contributed by atoms with Gasteiger partial charge in [-0.05, 0) is 61.6 Å². The molecule has 1 aromatic rings. The van der Waals surface area contributed by atoms with Crippen molar-refractivity contribution in [2.24, 2.45) is 40.6 Å². The van der Waals surface area contributed by atoms with Gasteiger partial charge in [0.15, 0.2) is 0 Å². The van der Waals surface area contributed by atoms with Crippen molar-refractivity contribution in [2.45, 2.75) is 20.3 Å². The van der Waals surface area contributed by atoms with Gasteiger partial charge in [0.25, 0.3) is 11.8 Å². The molecule has 6 rings (SSSR count). The fourth-order valence-corrected chi connectivity index (χ4v) is 5.54. The van der Waals surface area contributed by atoms with Crippen molar-refractivity contribution in [2.75, 3.05) is 18.0 Å². The Morgan fingerprint density at radius 3 is 2.07 bits per heavy atom. The van der Waals surface area contributed by atoms with Crippen molar-refractivity contribution < 1.29 is 9.59 Å². The monoisotopic (exact) mass is 363 g/mol. The van der Waals surface area contributed by atoms with E-state index in [1.54, 1.807) is 6.21 Å².